The molecule has 1 nitrogen and oxygen atoms in total. The van der Waals surface area contributed by atoms with Crippen LogP contribution < -0.4 is 29.6 Å². The maximum atomic E-state index is 10.2. The summed E-state index contributed by atoms with van der Waals surface area (Å²) in [6.07, 6.45) is 1.75. The Bertz CT molecular complexity index is 220. The summed E-state index contributed by atoms with van der Waals surface area (Å²) in [5.41, 5.74) is 1.04. The molecule has 0 aliphatic heterocycles. The second-order valence-corrected chi connectivity index (χ2v) is 2.49. The van der Waals surface area contributed by atoms with Crippen LogP contribution in [0.3, 0.4) is 0 Å². The molecule has 11 heavy (non-hydrogen) atoms. The smallest absolute Gasteiger partial charge is 0.795 e. The van der Waals surface area contributed by atoms with Gasteiger partial charge in [0, 0.05) is 0 Å². The van der Waals surface area contributed by atoms with Crippen LogP contribution in [-0.4, -0.2) is 4.55 Å². The molecule has 0 saturated heterocycles. The minimum atomic E-state index is 0. The molecule has 0 radical (unpaired) electrons. The fraction of sp³-hybridized carbons (Fsp3) is 0. The standard InChI is InChI=1S/C8H8OS.Na/c1-2-7-3-5-8(10-9)6-4-7;/h2-6,9H,1H2;/q;+1/p-1. The predicted octanol–water partition coefficient (Wildman–Crippen LogP) is -0.444. The molecular weight excluding hydrogens is 167 g/mol. The summed E-state index contributed by atoms with van der Waals surface area (Å²) in [6, 6.07) is 7.31. The predicted molar refractivity (Wildman–Crippen MR) is 43.2 cm³/mol. The van der Waals surface area contributed by atoms with Crippen LogP contribution in [0, 0.1) is 0 Å². The van der Waals surface area contributed by atoms with Gasteiger partial charge in [-0.2, -0.15) is 0 Å². The molecule has 0 heterocycles. The van der Waals surface area contributed by atoms with Gasteiger partial charge in [0.15, 0.2) is 0 Å². The molecule has 0 fully saturated rings. The average Bonchev–Trinajstić information content (AvgIpc) is 2.05. The first-order chi connectivity index (χ1) is 4.86. The Morgan fingerprint density at radius 3 is 2.18 bits per heavy atom. The molecule has 1 rings (SSSR count). The second-order valence-electron chi connectivity index (χ2n) is 1.86. The van der Waals surface area contributed by atoms with Gasteiger partial charge in [0.2, 0.25) is 0 Å². The molecule has 0 bridgehead atoms. The quantitative estimate of drug-likeness (QED) is 0.448. The second kappa shape index (κ2) is 5.86. The van der Waals surface area contributed by atoms with E-state index in [1.54, 1.807) is 18.2 Å². The van der Waals surface area contributed by atoms with E-state index in [0.29, 0.717) is 12.0 Å². The number of hydrogen-bond acceptors (Lipinski definition) is 2. The van der Waals surface area contributed by atoms with Gasteiger partial charge >= 0.3 is 29.6 Å². The van der Waals surface area contributed by atoms with Gasteiger partial charge in [0.05, 0.1) is 0 Å². The molecule has 0 aromatic heterocycles. The van der Waals surface area contributed by atoms with Crippen LogP contribution in [0.4, 0.5) is 0 Å². The Labute approximate surface area is 93.0 Å². The topological polar surface area (TPSA) is 23.1 Å². The number of hydrogen-bond donors (Lipinski definition) is 0. The Hall–Kier alpha value is 0.270. The van der Waals surface area contributed by atoms with Gasteiger partial charge in [-0.25, -0.2) is 12.0 Å². The van der Waals surface area contributed by atoms with Crippen molar-refractivity contribution >= 4 is 18.1 Å². The summed E-state index contributed by atoms with van der Waals surface area (Å²) in [5.74, 6) is 0. The minimum absolute atomic E-state index is 0. The molecule has 1 aromatic rings. The molecule has 0 atom stereocenters. The van der Waals surface area contributed by atoms with E-state index in [4.69, 9.17) is 0 Å². The van der Waals surface area contributed by atoms with Crippen molar-refractivity contribution in [3.05, 3.63) is 36.4 Å². The van der Waals surface area contributed by atoms with Crippen LogP contribution in [0.25, 0.3) is 6.08 Å². The van der Waals surface area contributed by atoms with Crippen LogP contribution >= 0.6 is 12.0 Å². The number of benzene rings is 1. The van der Waals surface area contributed by atoms with Crippen LogP contribution in [0.15, 0.2) is 35.7 Å². The first-order valence-corrected chi connectivity index (χ1v) is 3.63. The van der Waals surface area contributed by atoms with Gasteiger partial charge in [0.1, 0.15) is 0 Å². The molecule has 1 aromatic carbocycles. The van der Waals surface area contributed by atoms with Gasteiger partial charge < -0.3 is 4.55 Å². The molecule has 0 unspecified atom stereocenters. The first-order valence-electron chi connectivity index (χ1n) is 2.89. The summed E-state index contributed by atoms with van der Waals surface area (Å²) in [6.45, 7) is 3.60. The zero-order chi connectivity index (χ0) is 7.40. The van der Waals surface area contributed by atoms with Gasteiger partial charge in [-0.3, -0.25) is 0 Å². The van der Waals surface area contributed by atoms with E-state index in [1.807, 2.05) is 12.1 Å². The van der Waals surface area contributed by atoms with Gasteiger partial charge in [-0.1, -0.05) is 24.8 Å². The van der Waals surface area contributed by atoms with Crippen molar-refractivity contribution in [2.75, 3.05) is 0 Å². The summed E-state index contributed by atoms with van der Waals surface area (Å²) in [4.78, 5) is 0.741. The normalized spacial score (nSPS) is 8.45. The van der Waals surface area contributed by atoms with Gasteiger partial charge in [-0.15, -0.1) is 0 Å². The number of rotatable bonds is 2. The molecule has 0 N–H and O–H groups in total. The van der Waals surface area contributed by atoms with E-state index in [0.717, 1.165) is 10.5 Å². The molecular formula is C8H7NaOS. The molecule has 0 amide bonds. The SMILES string of the molecule is C=Cc1ccc(S[O-])cc1.[Na+]. The first kappa shape index (κ1) is 11.3. The fourth-order valence-electron chi connectivity index (χ4n) is 0.659. The zero-order valence-corrected chi connectivity index (χ0v) is 9.23. The van der Waals surface area contributed by atoms with E-state index < -0.39 is 0 Å². The van der Waals surface area contributed by atoms with Gasteiger partial charge in [-0.05, 0) is 22.6 Å². The van der Waals surface area contributed by atoms with E-state index in [-0.39, 0.29) is 29.6 Å². The van der Waals surface area contributed by atoms with Crippen LogP contribution in [-0.2, 0) is 0 Å². The van der Waals surface area contributed by atoms with Crippen LogP contribution in [0.1, 0.15) is 5.56 Å². The molecule has 0 spiro atoms. The van der Waals surface area contributed by atoms with Crippen molar-refractivity contribution in [1.29, 1.82) is 0 Å². The fourth-order valence-corrected chi connectivity index (χ4v) is 0.907. The summed E-state index contributed by atoms with van der Waals surface area (Å²) >= 11 is 0.504. The Balaban J connectivity index is 0.000001000. The zero-order valence-electron chi connectivity index (χ0n) is 6.41. The van der Waals surface area contributed by atoms with Crippen molar-refractivity contribution in [2.45, 2.75) is 4.90 Å². The largest absolute Gasteiger partial charge is 1.00 e. The van der Waals surface area contributed by atoms with E-state index in [2.05, 4.69) is 6.58 Å². The van der Waals surface area contributed by atoms with E-state index >= 15 is 0 Å². The van der Waals surface area contributed by atoms with Crippen molar-refractivity contribution in [3.8, 4) is 0 Å². The third kappa shape index (κ3) is 3.45. The van der Waals surface area contributed by atoms with Crippen molar-refractivity contribution in [1.82, 2.24) is 0 Å². The monoisotopic (exact) mass is 174 g/mol. The van der Waals surface area contributed by atoms with E-state index in [1.165, 1.54) is 0 Å². The maximum absolute atomic E-state index is 10.2. The van der Waals surface area contributed by atoms with E-state index in [9.17, 15) is 4.55 Å². The van der Waals surface area contributed by atoms with Gasteiger partial charge in [0.25, 0.3) is 0 Å². The Morgan fingerprint density at radius 2 is 1.82 bits per heavy atom. The Kier molecular flexibility index (Phi) is 6.01. The van der Waals surface area contributed by atoms with Crippen molar-refractivity contribution in [2.24, 2.45) is 0 Å². The van der Waals surface area contributed by atoms with Crippen molar-refractivity contribution < 1.29 is 34.1 Å². The third-order valence-corrected chi connectivity index (χ3v) is 1.68. The van der Waals surface area contributed by atoms with Crippen LogP contribution in [0.2, 0.25) is 0 Å². The molecule has 52 valence electrons. The molecule has 0 aliphatic carbocycles. The molecule has 0 saturated carbocycles. The van der Waals surface area contributed by atoms with Crippen LogP contribution in [0.5, 0.6) is 0 Å². The summed E-state index contributed by atoms with van der Waals surface area (Å²) in [7, 11) is 0. The third-order valence-electron chi connectivity index (χ3n) is 1.21. The molecule has 3 heteroatoms. The molecule has 0 aliphatic rings. The minimum Gasteiger partial charge on any atom is -0.795 e. The Morgan fingerprint density at radius 1 is 1.27 bits per heavy atom. The van der Waals surface area contributed by atoms with Crippen molar-refractivity contribution in [3.63, 3.8) is 0 Å². The maximum Gasteiger partial charge on any atom is 1.00 e. The summed E-state index contributed by atoms with van der Waals surface area (Å²) < 4.78 is 10.2. The average molecular weight is 174 g/mol. The summed E-state index contributed by atoms with van der Waals surface area (Å²) in [5, 5.41) is 0.